The van der Waals surface area contributed by atoms with Crippen molar-refractivity contribution in [2.75, 3.05) is 47.0 Å². The van der Waals surface area contributed by atoms with E-state index in [2.05, 4.69) is 80.9 Å². The van der Waals surface area contributed by atoms with Crippen LogP contribution in [0.25, 0.3) is 0 Å². The smallest absolute Gasteiger partial charge is 0.158 e. The van der Waals surface area contributed by atoms with Crippen LogP contribution in [0.15, 0.2) is 54.9 Å². The van der Waals surface area contributed by atoms with Crippen molar-refractivity contribution >= 4 is 34.4 Å². The van der Waals surface area contributed by atoms with E-state index in [0.717, 1.165) is 47.7 Å². The van der Waals surface area contributed by atoms with E-state index < -0.39 is 0 Å². The van der Waals surface area contributed by atoms with E-state index in [-0.39, 0.29) is 0 Å². The molecule has 136 valence electrons. The summed E-state index contributed by atoms with van der Waals surface area (Å²) < 4.78 is 0. The molecule has 0 amide bonds. The molecule has 0 radical (unpaired) electrons. The second-order valence-electron chi connectivity index (χ2n) is 7.25. The predicted octanol–water partition coefficient (Wildman–Crippen LogP) is 3.88. The Morgan fingerprint density at radius 1 is 0.741 bits per heavy atom. The van der Waals surface area contributed by atoms with Gasteiger partial charge in [0.1, 0.15) is 0 Å². The third-order valence-corrected chi connectivity index (χ3v) is 5.24. The third-order valence-electron chi connectivity index (χ3n) is 5.24. The number of rotatable bonds is 2. The van der Waals surface area contributed by atoms with E-state index in [9.17, 15) is 0 Å². The number of nitrogens with zero attached hydrogens (tertiary/aromatic N) is 6. The van der Waals surface area contributed by atoms with Crippen molar-refractivity contribution in [1.82, 2.24) is 9.97 Å². The highest BCUT2D eigenvalue weighted by atomic mass is 15.4. The summed E-state index contributed by atoms with van der Waals surface area (Å²) in [6.45, 7) is 3.74. The molecule has 5 rings (SSSR count). The number of hydrogen-bond donors (Lipinski definition) is 0. The van der Waals surface area contributed by atoms with Crippen molar-refractivity contribution < 1.29 is 0 Å². The van der Waals surface area contributed by atoms with Crippen LogP contribution in [0, 0.1) is 6.92 Å². The monoisotopic (exact) mass is 358 g/mol. The van der Waals surface area contributed by atoms with Gasteiger partial charge in [0.15, 0.2) is 11.6 Å². The van der Waals surface area contributed by atoms with Crippen molar-refractivity contribution in [2.24, 2.45) is 0 Å². The number of hydrogen-bond acceptors (Lipinski definition) is 6. The van der Waals surface area contributed by atoms with E-state index in [1.54, 1.807) is 0 Å². The molecule has 0 saturated heterocycles. The first-order chi connectivity index (χ1) is 13.1. The van der Waals surface area contributed by atoms with Crippen LogP contribution in [0.1, 0.15) is 5.56 Å². The molecule has 6 heteroatoms. The van der Waals surface area contributed by atoms with Crippen molar-refractivity contribution in [3.05, 3.63) is 60.4 Å². The Kier molecular flexibility index (Phi) is 3.47. The SMILES string of the molecule is Cc1cc(N2CN(C)c3cccnc32)cc(N2CN(C)c3cccnc32)c1. The van der Waals surface area contributed by atoms with E-state index in [0.29, 0.717) is 0 Å². The first kappa shape index (κ1) is 15.9. The Balaban J connectivity index is 1.58. The maximum atomic E-state index is 4.62. The maximum absolute atomic E-state index is 4.62. The van der Waals surface area contributed by atoms with Gasteiger partial charge in [-0.05, 0) is 55.0 Å². The number of benzene rings is 1. The summed E-state index contributed by atoms with van der Waals surface area (Å²) in [4.78, 5) is 18.2. The highest BCUT2D eigenvalue weighted by molar-refractivity contribution is 5.83. The van der Waals surface area contributed by atoms with Crippen LogP contribution < -0.4 is 19.6 Å². The van der Waals surface area contributed by atoms with E-state index >= 15 is 0 Å². The van der Waals surface area contributed by atoms with Gasteiger partial charge in [-0.15, -0.1) is 0 Å². The average molecular weight is 358 g/mol. The molecule has 0 atom stereocenters. The second kappa shape index (κ2) is 5.87. The van der Waals surface area contributed by atoms with Crippen molar-refractivity contribution in [3.63, 3.8) is 0 Å². The minimum Gasteiger partial charge on any atom is -0.354 e. The van der Waals surface area contributed by atoms with E-state index in [4.69, 9.17) is 0 Å². The van der Waals surface area contributed by atoms with Crippen LogP contribution in [0.5, 0.6) is 0 Å². The van der Waals surface area contributed by atoms with Crippen LogP contribution in [0.3, 0.4) is 0 Å². The molecule has 0 unspecified atom stereocenters. The Labute approximate surface area is 159 Å². The molecule has 0 bridgehead atoms. The Bertz CT molecular complexity index is 939. The third kappa shape index (κ3) is 2.48. The fraction of sp³-hybridized carbons (Fsp3) is 0.238. The van der Waals surface area contributed by atoms with Crippen LogP contribution in [-0.4, -0.2) is 37.4 Å². The number of aromatic nitrogens is 2. The number of fused-ring (bicyclic) bond motifs is 2. The summed E-state index contributed by atoms with van der Waals surface area (Å²) in [6.07, 6.45) is 3.72. The van der Waals surface area contributed by atoms with Gasteiger partial charge < -0.3 is 19.6 Å². The molecule has 4 heterocycles. The van der Waals surface area contributed by atoms with Gasteiger partial charge in [0.2, 0.25) is 0 Å². The van der Waals surface area contributed by atoms with E-state index in [1.807, 2.05) is 24.5 Å². The van der Waals surface area contributed by atoms with Crippen molar-refractivity contribution in [2.45, 2.75) is 6.92 Å². The van der Waals surface area contributed by atoms with Gasteiger partial charge in [0, 0.05) is 37.9 Å². The van der Waals surface area contributed by atoms with Gasteiger partial charge in [0.05, 0.1) is 24.7 Å². The fourth-order valence-electron chi connectivity index (χ4n) is 3.96. The zero-order chi connectivity index (χ0) is 18.5. The zero-order valence-corrected chi connectivity index (χ0v) is 15.8. The standard InChI is InChI=1S/C21H22N6/c1-15-10-16(26-13-24(2)18-6-4-8-22-20(18)26)12-17(11-15)27-14-25(3)19-7-5-9-23-21(19)27/h4-12H,13-14H2,1-3H3. The van der Waals surface area contributed by atoms with E-state index in [1.165, 1.54) is 5.56 Å². The molecule has 0 spiro atoms. The molecule has 6 nitrogen and oxygen atoms in total. The molecule has 27 heavy (non-hydrogen) atoms. The molecule has 0 aliphatic carbocycles. The highest BCUT2D eigenvalue weighted by Crippen LogP contribution is 2.42. The Hall–Kier alpha value is -3.28. The predicted molar refractivity (Wildman–Crippen MR) is 110 cm³/mol. The van der Waals surface area contributed by atoms with Crippen LogP contribution in [0.2, 0.25) is 0 Å². The highest BCUT2D eigenvalue weighted by Gasteiger charge is 2.29. The first-order valence-corrected chi connectivity index (χ1v) is 9.11. The van der Waals surface area contributed by atoms with Crippen molar-refractivity contribution in [1.29, 1.82) is 0 Å². The normalized spacial score (nSPS) is 15.4. The van der Waals surface area contributed by atoms with Gasteiger partial charge in [-0.3, -0.25) is 0 Å². The van der Waals surface area contributed by atoms with Crippen LogP contribution >= 0.6 is 0 Å². The summed E-state index contributed by atoms with van der Waals surface area (Å²) in [6, 6.07) is 14.9. The molecule has 2 aromatic heterocycles. The van der Waals surface area contributed by atoms with Crippen LogP contribution in [0.4, 0.5) is 34.4 Å². The molecule has 2 aliphatic rings. The lowest BCUT2D eigenvalue weighted by Gasteiger charge is -2.24. The van der Waals surface area contributed by atoms with Gasteiger partial charge in [-0.2, -0.15) is 0 Å². The summed E-state index contributed by atoms with van der Waals surface area (Å²) >= 11 is 0. The minimum absolute atomic E-state index is 0.796. The Morgan fingerprint density at radius 3 is 1.70 bits per heavy atom. The molecule has 2 aliphatic heterocycles. The van der Waals surface area contributed by atoms with Gasteiger partial charge in [0.25, 0.3) is 0 Å². The average Bonchev–Trinajstić information content (AvgIpc) is 3.20. The summed E-state index contributed by atoms with van der Waals surface area (Å²) in [5.41, 5.74) is 5.85. The molecular weight excluding hydrogens is 336 g/mol. The minimum atomic E-state index is 0.796. The lowest BCUT2D eigenvalue weighted by molar-refractivity contribution is 0.932. The quantitative estimate of drug-likeness (QED) is 0.692. The van der Waals surface area contributed by atoms with Crippen molar-refractivity contribution in [3.8, 4) is 0 Å². The topological polar surface area (TPSA) is 38.7 Å². The lowest BCUT2D eigenvalue weighted by atomic mass is 10.1. The fourth-order valence-corrected chi connectivity index (χ4v) is 3.96. The molecule has 0 N–H and O–H groups in total. The molecular formula is C21H22N6. The molecule has 1 aromatic carbocycles. The largest absolute Gasteiger partial charge is 0.354 e. The summed E-state index contributed by atoms with van der Waals surface area (Å²) in [5, 5.41) is 0. The maximum Gasteiger partial charge on any atom is 0.158 e. The summed E-state index contributed by atoms with van der Waals surface area (Å²) in [5.74, 6) is 2.02. The van der Waals surface area contributed by atoms with Gasteiger partial charge in [-0.1, -0.05) is 0 Å². The summed E-state index contributed by atoms with van der Waals surface area (Å²) in [7, 11) is 4.21. The second-order valence-corrected chi connectivity index (χ2v) is 7.25. The number of anilines is 6. The molecule has 0 saturated carbocycles. The Morgan fingerprint density at radius 2 is 1.22 bits per heavy atom. The molecule has 3 aromatic rings. The lowest BCUT2D eigenvalue weighted by Crippen LogP contribution is -2.26. The van der Waals surface area contributed by atoms with Gasteiger partial charge >= 0.3 is 0 Å². The molecule has 0 fully saturated rings. The van der Waals surface area contributed by atoms with Gasteiger partial charge in [-0.25, -0.2) is 9.97 Å². The van der Waals surface area contributed by atoms with Crippen LogP contribution in [-0.2, 0) is 0 Å². The number of pyridine rings is 2. The first-order valence-electron chi connectivity index (χ1n) is 9.11. The zero-order valence-electron chi connectivity index (χ0n) is 15.8. The number of aryl methyl sites for hydroxylation is 1.